The van der Waals surface area contributed by atoms with E-state index in [1.807, 2.05) is 0 Å². The SMILES string of the molecule is OC1(COc2cc(F)c(Cl)cc2Br)CCNCC1. The van der Waals surface area contributed by atoms with Crippen LogP contribution in [0.5, 0.6) is 5.75 Å². The zero-order valence-electron chi connectivity index (χ0n) is 9.68. The highest BCUT2D eigenvalue weighted by Gasteiger charge is 2.30. The van der Waals surface area contributed by atoms with Crippen LogP contribution in [0.3, 0.4) is 0 Å². The molecule has 0 aliphatic carbocycles. The van der Waals surface area contributed by atoms with E-state index in [4.69, 9.17) is 16.3 Å². The Morgan fingerprint density at radius 1 is 1.44 bits per heavy atom. The molecule has 0 unspecified atom stereocenters. The van der Waals surface area contributed by atoms with E-state index in [9.17, 15) is 9.50 Å². The molecular formula is C12H14BrClFNO2. The Balaban J connectivity index is 2.03. The maximum absolute atomic E-state index is 13.3. The Bertz CT molecular complexity index is 438. The molecule has 1 fully saturated rings. The van der Waals surface area contributed by atoms with Gasteiger partial charge in [-0.2, -0.15) is 0 Å². The van der Waals surface area contributed by atoms with E-state index in [0.717, 1.165) is 13.1 Å². The van der Waals surface area contributed by atoms with Crippen LogP contribution >= 0.6 is 27.5 Å². The predicted octanol–water partition coefficient (Wildman–Crippen LogP) is 2.73. The molecule has 1 aromatic carbocycles. The quantitative estimate of drug-likeness (QED) is 0.833. The van der Waals surface area contributed by atoms with Gasteiger partial charge >= 0.3 is 0 Å². The van der Waals surface area contributed by atoms with Crippen LogP contribution < -0.4 is 10.1 Å². The van der Waals surface area contributed by atoms with Gasteiger partial charge in [0.2, 0.25) is 0 Å². The standard InChI is InChI=1S/C12H14BrClFNO2/c13-8-5-9(14)10(15)6-11(8)18-7-12(17)1-3-16-4-2-12/h5-6,16-17H,1-4,7H2. The summed E-state index contributed by atoms with van der Waals surface area (Å²) in [4.78, 5) is 0. The number of ether oxygens (including phenoxy) is 1. The topological polar surface area (TPSA) is 41.5 Å². The van der Waals surface area contributed by atoms with Gasteiger partial charge in [0.25, 0.3) is 0 Å². The Kier molecular flexibility index (Phi) is 4.48. The Labute approximate surface area is 118 Å². The zero-order chi connectivity index (χ0) is 13.2. The van der Waals surface area contributed by atoms with Gasteiger partial charge in [-0.15, -0.1) is 0 Å². The van der Waals surface area contributed by atoms with Crippen LogP contribution in [0, 0.1) is 5.82 Å². The second kappa shape index (κ2) is 5.74. The number of nitrogens with one attached hydrogen (secondary N) is 1. The summed E-state index contributed by atoms with van der Waals surface area (Å²) in [5.41, 5.74) is -0.846. The zero-order valence-corrected chi connectivity index (χ0v) is 12.0. The van der Waals surface area contributed by atoms with E-state index in [1.165, 1.54) is 12.1 Å². The third-order valence-corrected chi connectivity index (χ3v) is 3.91. The smallest absolute Gasteiger partial charge is 0.145 e. The molecule has 2 N–H and O–H groups in total. The van der Waals surface area contributed by atoms with Crippen molar-refractivity contribution >= 4 is 27.5 Å². The first-order chi connectivity index (χ1) is 8.50. The van der Waals surface area contributed by atoms with Crippen molar-refractivity contribution in [2.45, 2.75) is 18.4 Å². The van der Waals surface area contributed by atoms with Crippen LogP contribution in [0.2, 0.25) is 5.02 Å². The van der Waals surface area contributed by atoms with Crippen LogP contribution in [-0.4, -0.2) is 30.4 Å². The fourth-order valence-electron chi connectivity index (χ4n) is 1.86. The Hall–Kier alpha value is -0.360. The largest absolute Gasteiger partial charge is 0.489 e. The molecule has 100 valence electrons. The fourth-order valence-corrected chi connectivity index (χ4v) is 2.62. The normalized spacial score (nSPS) is 18.7. The molecule has 1 aromatic rings. The summed E-state index contributed by atoms with van der Waals surface area (Å²) in [6.07, 6.45) is 1.25. The van der Waals surface area contributed by atoms with Gasteiger partial charge in [-0.3, -0.25) is 0 Å². The second-order valence-electron chi connectivity index (χ2n) is 4.46. The van der Waals surface area contributed by atoms with Crippen molar-refractivity contribution in [1.82, 2.24) is 5.32 Å². The summed E-state index contributed by atoms with van der Waals surface area (Å²) in [5, 5.41) is 13.4. The van der Waals surface area contributed by atoms with Crippen LogP contribution in [-0.2, 0) is 0 Å². The van der Waals surface area contributed by atoms with Gasteiger partial charge in [0.1, 0.15) is 23.8 Å². The summed E-state index contributed by atoms with van der Waals surface area (Å²) in [6, 6.07) is 2.66. The van der Waals surface area contributed by atoms with Crippen LogP contribution in [0.4, 0.5) is 4.39 Å². The predicted molar refractivity (Wildman–Crippen MR) is 71.7 cm³/mol. The van der Waals surface area contributed by atoms with E-state index >= 15 is 0 Å². The van der Waals surface area contributed by atoms with Gasteiger partial charge in [-0.25, -0.2) is 4.39 Å². The average Bonchev–Trinajstić information content (AvgIpc) is 2.33. The fraction of sp³-hybridized carbons (Fsp3) is 0.500. The molecule has 1 saturated heterocycles. The third-order valence-electron chi connectivity index (χ3n) is 3.01. The highest BCUT2D eigenvalue weighted by Crippen LogP contribution is 2.31. The van der Waals surface area contributed by atoms with E-state index in [2.05, 4.69) is 21.2 Å². The van der Waals surface area contributed by atoms with E-state index in [0.29, 0.717) is 23.1 Å². The lowest BCUT2D eigenvalue weighted by atomic mass is 9.93. The number of piperidine rings is 1. The summed E-state index contributed by atoms with van der Waals surface area (Å²) < 4.78 is 19.4. The van der Waals surface area contributed by atoms with Gasteiger partial charge in [0, 0.05) is 6.07 Å². The lowest BCUT2D eigenvalue weighted by molar-refractivity contribution is -0.0288. The molecule has 0 atom stereocenters. The highest BCUT2D eigenvalue weighted by atomic mass is 79.9. The van der Waals surface area contributed by atoms with E-state index in [1.54, 1.807) is 0 Å². The maximum Gasteiger partial charge on any atom is 0.145 e. The molecule has 18 heavy (non-hydrogen) atoms. The van der Waals surface area contributed by atoms with Crippen molar-refractivity contribution in [2.75, 3.05) is 19.7 Å². The molecule has 0 spiro atoms. The first-order valence-electron chi connectivity index (χ1n) is 5.71. The Morgan fingerprint density at radius 3 is 2.78 bits per heavy atom. The van der Waals surface area contributed by atoms with Gasteiger partial charge in [-0.1, -0.05) is 11.6 Å². The minimum absolute atomic E-state index is 0.0369. The van der Waals surface area contributed by atoms with Crippen molar-refractivity contribution in [3.05, 3.63) is 27.4 Å². The van der Waals surface area contributed by atoms with Gasteiger partial charge in [-0.05, 0) is 47.9 Å². The minimum atomic E-state index is -0.846. The van der Waals surface area contributed by atoms with Crippen molar-refractivity contribution in [1.29, 1.82) is 0 Å². The summed E-state index contributed by atoms with van der Waals surface area (Å²) >= 11 is 8.90. The third kappa shape index (κ3) is 3.35. The molecule has 6 heteroatoms. The van der Waals surface area contributed by atoms with Gasteiger partial charge in [0.05, 0.1) is 9.50 Å². The van der Waals surface area contributed by atoms with Crippen molar-refractivity contribution in [3.8, 4) is 5.75 Å². The molecule has 1 aliphatic heterocycles. The lowest BCUT2D eigenvalue weighted by Gasteiger charge is -2.32. The monoisotopic (exact) mass is 337 g/mol. The van der Waals surface area contributed by atoms with Crippen LogP contribution in [0.15, 0.2) is 16.6 Å². The van der Waals surface area contributed by atoms with E-state index in [-0.39, 0.29) is 11.6 Å². The summed E-state index contributed by atoms with van der Waals surface area (Å²) in [5.74, 6) is -0.184. The van der Waals surface area contributed by atoms with Crippen molar-refractivity contribution < 1.29 is 14.2 Å². The second-order valence-corrected chi connectivity index (χ2v) is 5.72. The molecule has 0 saturated carbocycles. The maximum atomic E-state index is 13.3. The molecule has 0 aromatic heterocycles. The number of aliphatic hydroxyl groups is 1. The minimum Gasteiger partial charge on any atom is -0.489 e. The first-order valence-corrected chi connectivity index (χ1v) is 6.88. The first kappa shape index (κ1) is 14.1. The van der Waals surface area contributed by atoms with E-state index < -0.39 is 11.4 Å². The molecule has 2 rings (SSSR count). The Morgan fingerprint density at radius 2 is 2.11 bits per heavy atom. The molecule has 0 bridgehead atoms. The number of rotatable bonds is 3. The molecule has 0 amide bonds. The van der Waals surface area contributed by atoms with Crippen LogP contribution in [0.25, 0.3) is 0 Å². The van der Waals surface area contributed by atoms with Gasteiger partial charge < -0.3 is 15.2 Å². The number of hydrogen-bond donors (Lipinski definition) is 2. The molecule has 3 nitrogen and oxygen atoms in total. The number of halogens is 3. The molecule has 1 heterocycles. The van der Waals surface area contributed by atoms with Gasteiger partial charge in [0.15, 0.2) is 0 Å². The van der Waals surface area contributed by atoms with Crippen molar-refractivity contribution in [2.24, 2.45) is 0 Å². The number of hydrogen-bond acceptors (Lipinski definition) is 3. The summed E-state index contributed by atoms with van der Waals surface area (Å²) in [6.45, 7) is 1.67. The molecular weight excluding hydrogens is 324 g/mol. The summed E-state index contributed by atoms with van der Waals surface area (Å²) in [7, 11) is 0. The lowest BCUT2D eigenvalue weighted by Crippen LogP contribution is -2.46. The molecule has 1 aliphatic rings. The van der Waals surface area contributed by atoms with Crippen LogP contribution in [0.1, 0.15) is 12.8 Å². The average molecular weight is 339 g/mol. The molecule has 0 radical (unpaired) electrons. The van der Waals surface area contributed by atoms with Crippen molar-refractivity contribution in [3.63, 3.8) is 0 Å². The highest BCUT2D eigenvalue weighted by molar-refractivity contribution is 9.10. The number of benzene rings is 1.